The molecule has 0 heterocycles. The minimum atomic E-state index is 0. The van der Waals surface area contributed by atoms with Gasteiger partial charge in [0.2, 0.25) is 0 Å². The number of aryl methyl sites for hydroxylation is 2. The molecule has 0 aliphatic heterocycles. The number of nitrogens with zero attached hydrogens (tertiary/aromatic N) is 2. The zero-order valence-electron chi connectivity index (χ0n) is 65.2. The summed E-state index contributed by atoms with van der Waals surface area (Å²) in [5.41, 5.74) is 12.2. The zero-order chi connectivity index (χ0) is 68.8. The Balaban J connectivity index is 0.0000470. The van der Waals surface area contributed by atoms with Crippen LogP contribution in [0.3, 0.4) is 0 Å². The number of unbranched alkanes of at least 4 members (excludes halogenated alkanes) is 40. The molecule has 0 saturated carbocycles. The van der Waals surface area contributed by atoms with E-state index in [1.165, 1.54) is 287 Å². The summed E-state index contributed by atoms with van der Waals surface area (Å²) in [6, 6.07) is 9.71. The predicted octanol–water partition coefficient (Wildman–Crippen LogP) is 31.6. The smallest absolute Gasteiger partial charge is 0.254 e. The fraction of sp³-hybridized carbons (Fsp3) is 0.702. The van der Waals surface area contributed by atoms with E-state index in [1.807, 2.05) is 0 Å². The summed E-state index contributed by atoms with van der Waals surface area (Å²) >= 11 is 0. The molecule has 0 spiro atoms. The van der Waals surface area contributed by atoms with Crippen molar-refractivity contribution in [1.29, 1.82) is 0 Å². The Morgan fingerprint density at radius 1 is 0.268 bits per heavy atom. The average Bonchev–Trinajstić information content (AvgIpc) is 0.851. The van der Waals surface area contributed by atoms with Gasteiger partial charge in [-0.25, -0.2) is 4.99 Å². The summed E-state index contributed by atoms with van der Waals surface area (Å²) in [5, 5.41) is 0. The molecule has 0 unspecified atom stereocenters. The van der Waals surface area contributed by atoms with Crippen LogP contribution < -0.4 is 0 Å². The molecule has 97 heavy (non-hydrogen) atoms. The molecule has 0 amide bonds. The summed E-state index contributed by atoms with van der Waals surface area (Å²) in [4.78, 5) is 11.4. The number of allylic oxidation sites excluding steroid dienone is 12. The van der Waals surface area contributed by atoms with E-state index in [4.69, 9.17) is 9.98 Å². The van der Waals surface area contributed by atoms with Crippen molar-refractivity contribution in [2.45, 2.75) is 427 Å². The van der Waals surface area contributed by atoms with Crippen LogP contribution in [-0.4, -0.2) is 11.9 Å². The molecular weight excluding hydrogens is 1260 g/mol. The van der Waals surface area contributed by atoms with Crippen LogP contribution in [0, 0.1) is 11.8 Å². The van der Waals surface area contributed by atoms with Crippen LogP contribution in [0.5, 0.6) is 0 Å². The molecule has 0 bridgehead atoms. The van der Waals surface area contributed by atoms with Crippen molar-refractivity contribution < 1.29 is 20.4 Å². The van der Waals surface area contributed by atoms with Crippen molar-refractivity contribution in [2.24, 2.45) is 9.98 Å². The van der Waals surface area contributed by atoms with E-state index in [2.05, 4.69) is 164 Å². The Hall–Kier alpha value is -3.56. The Morgan fingerprint density at radius 2 is 0.515 bits per heavy atom. The molecule has 0 radical (unpaired) electrons. The summed E-state index contributed by atoms with van der Waals surface area (Å²) in [5.74, 6) is 7.48. The first-order valence-corrected chi connectivity index (χ1v) is 42.4. The second-order valence-corrected chi connectivity index (χ2v) is 28.7. The molecule has 550 valence electrons. The van der Waals surface area contributed by atoms with Gasteiger partial charge < -0.3 is 0 Å². The second kappa shape index (κ2) is 72.2. The Morgan fingerprint density at radius 3 is 0.835 bits per heavy atom. The van der Waals surface area contributed by atoms with Gasteiger partial charge in [0.25, 0.3) is 0 Å². The maximum atomic E-state index is 5.76. The molecule has 0 atom stereocenters. The van der Waals surface area contributed by atoms with Crippen molar-refractivity contribution in [2.75, 3.05) is 0 Å². The number of hydrogen-bond acceptors (Lipinski definition) is 2. The maximum absolute atomic E-state index is 5.76. The molecule has 0 aromatic heterocycles. The van der Waals surface area contributed by atoms with Crippen LogP contribution in [0.25, 0.3) is 0 Å². The minimum Gasteiger partial charge on any atom is -0.254 e. The first-order chi connectivity index (χ1) is 47.6. The van der Waals surface area contributed by atoms with E-state index in [9.17, 15) is 0 Å². The van der Waals surface area contributed by atoms with Crippen LogP contribution in [-0.2, 0) is 58.9 Å². The van der Waals surface area contributed by atoms with Gasteiger partial charge in [-0.1, -0.05) is 313 Å². The molecule has 2 nitrogen and oxygen atoms in total. The van der Waals surface area contributed by atoms with Crippen LogP contribution >= 0.6 is 0 Å². The summed E-state index contributed by atoms with van der Waals surface area (Å²) in [7, 11) is 0. The Labute approximate surface area is 619 Å². The summed E-state index contributed by atoms with van der Waals surface area (Å²) in [6.07, 6.45) is 106. The number of rotatable bonds is 67. The first kappa shape index (κ1) is 91.5. The van der Waals surface area contributed by atoms with Crippen molar-refractivity contribution in [3.63, 3.8) is 0 Å². The van der Waals surface area contributed by atoms with Crippen molar-refractivity contribution in [1.82, 2.24) is 0 Å². The monoisotopic (exact) mass is 1420 g/mol. The number of aliphatic imine (C=N–C) groups is 2. The van der Waals surface area contributed by atoms with Crippen molar-refractivity contribution in [3.8, 4) is 11.8 Å². The fourth-order valence-corrected chi connectivity index (χ4v) is 13.5. The average molecular weight is 1420 g/mol. The van der Waals surface area contributed by atoms with Crippen LogP contribution in [0.4, 0.5) is 11.4 Å². The fourth-order valence-electron chi connectivity index (χ4n) is 13.5. The number of hydrogen-bond donors (Lipinski definition) is 0. The molecule has 0 aliphatic carbocycles. The molecule has 3 heteroatoms. The van der Waals surface area contributed by atoms with E-state index in [-0.39, 0.29) is 20.4 Å². The third kappa shape index (κ3) is 53.0. The van der Waals surface area contributed by atoms with Gasteiger partial charge in [0.05, 0.1) is 17.6 Å². The van der Waals surface area contributed by atoms with Gasteiger partial charge in [-0.15, -0.1) is 0 Å². The first-order valence-electron chi connectivity index (χ1n) is 42.4. The molecular formula is C94H156N2Pd+2. The maximum Gasteiger partial charge on any atom is 2.00 e. The quantitative estimate of drug-likeness (QED) is 0.0207. The minimum absolute atomic E-state index is 0. The molecule has 2 rings (SSSR count). The normalized spacial score (nSPS) is 12.3. The van der Waals surface area contributed by atoms with Gasteiger partial charge >= 0.3 is 20.4 Å². The van der Waals surface area contributed by atoms with Crippen molar-refractivity contribution >= 4 is 23.3 Å². The topological polar surface area (TPSA) is 24.7 Å². The van der Waals surface area contributed by atoms with E-state index >= 15 is 0 Å². The number of benzene rings is 2. The van der Waals surface area contributed by atoms with E-state index in [0.717, 1.165) is 120 Å². The van der Waals surface area contributed by atoms with E-state index < -0.39 is 0 Å². The van der Waals surface area contributed by atoms with Crippen LogP contribution in [0.1, 0.15) is 422 Å². The molecule has 0 N–H and O–H groups in total. The molecule has 0 saturated heterocycles. The SMILES string of the molecule is CCCCC/C=C/CCCc1ccc(/N=C/C(C#CCCCCCCCCCCCCCCCCCC)=N/c2ccc(CCC/C=C/CCCCC)c(CCC/C=C/CCCCC)c2CCC/C=C/CCCCC)c(CCC/C=C/CCCCC)c1CCC/C=C/CCCCC.[Pd+2]. The Kier molecular flexibility index (Phi) is 68.1. The van der Waals surface area contributed by atoms with Gasteiger partial charge in [-0.2, -0.15) is 0 Å². The van der Waals surface area contributed by atoms with E-state index in [0.29, 0.717) is 0 Å². The zero-order valence-corrected chi connectivity index (χ0v) is 66.8. The standard InChI is InChI=1S/C94H156N2.Pd/c1-8-15-22-29-36-43-44-45-46-47-48-49-50-51-52-55-62-69-76-88(96-94-84-82-87(75-68-61-54-38-31-24-17-10-3)90(78-71-64-57-40-33-26-19-12-5)92(94)80-73-66-59-42-35-28-21-14-7)85-95-93-83-81-86(74-67-60-53-37-30-23-16-9-2)89(77-70-63-56-39-32-25-18-11-4)91(93)79-72-65-58-41-34-27-20-13-6;/h37-42,53-54,56-59,81-85H,8-36,43-52,55,60-68,70-75,77-80H2,1-7H3;/q;+2/b53-37+,54-38+,56-39+,57-40+,58-41+,59-42+,95-85+,96-88+;. The second-order valence-electron chi connectivity index (χ2n) is 28.7. The summed E-state index contributed by atoms with van der Waals surface area (Å²) < 4.78 is 0. The molecule has 2 aromatic rings. The molecule has 0 aliphatic rings. The van der Waals surface area contributed by atoms with Gasteiger partial charge in [-0.3, -0.25) is 4.99 Å². The van der Waals surface area contributed by atoms with Gasteiger partial charge in [0.15, 0.2) is 0 Å². The Bertz CT molecular complexity index is 2390. The van der Waals surface area contributed by atoms with Crippen molar-refractivity contribution in [3.05, 3.63) is 131 Å². The van der Waals surface area contributed by atoms with Crippen LogP contribution in [0.2, 0.25) is 0 Å². The van der Waals surface area contributed by atoms with Gasteiger partial charge in [0, 0.05) is 6.42 Å². The van der Waals surface area contributed by atoms with Gasteiger partial charge in [0.1, 0.15) is 5.71 Å². The van der Waals surface area contributed by atoms with Gasteiger partial charge in [-0.05, 0) is 250 Å². The largest absolute Gasteiger partial charge is 2.00 e. The third-order valence-electron chi connectivity index (χ3n) is 19.6. The summed E-state index contributed by atoms with van der Waals surface area (Å²) in [6.45, 7) is 16.2. The van der Waals surface area contributed by atoms with Crippen LogP contribution in [0.15, 0.2) is 107 Å². The predicted molar refractivity (Wildman–Crippen MR) is 437 cm³/mol. The third-order valence-corrected chi connectivity index (χ3v) is 19.6. The van der Waals surface area contributed by atoms with E-state index in [1.54, 1.807) is 22.3 Å². The molecule has 2 aromatic carbocycles. The molecule has 0 fully saturated rings.